The van der Waals surface area contributed by atoms with Crippen molar-refractivity contribution >= 4 is 27.5 Å². The topological polar surface area (TPSA) is 72.7 Å². The number of anilines is 1. The number of nitrogens with zero attached hydrogens (tertiary/aromatic N) is 4. The molecule has 1 aromatic heterocycles. The van der Waals surface area contributed by atoms with Crippen LogP contribution in [0.25, 0.3) is 5.69 Å². The lowest BCUT2D eigenvalue weighted by molar-refractivity contribution is 0.102. The number of aryl methyl sites for hydroxylation is 2. The van der Waals surface area contributed by atoms with Crippen molar-refractivity contribution in [2.45, 2.75) is 13.8 Å². The number of tetrazole rings is 1. The van der Waals surface area contributed by atoms with Crippen LogP contribution in [0, 0.1) is 13.8 Å². The molecule has 0 spiro atoms. The highest BCUT2D eigenvalue weighted by atomic mass is 79.9. The van der Waals surface area contributed by atoms with Crippen LogP contribution in [0.4, 0.5) is 5.69 Å². The van der Waals surface area contributed by atoms with Crippen molar-refractivity contribution in [2.24, 2.45) is 0 Å². The maximum Gasteiger partial charge on any atom is 0.255 e. The molecule has 0 aliphatic carbocycles. The highest BCUT2D eigenvalue weighted by Crippen LogP contribution is 2.24. The van der Waals surface area contributed by atoms with E-state index in [1.54, 1.807) is 10.7 Å². The molecule has 0 bridgehead atoms. The smallest absolute Gasteiger partial charge is 0.255 e. The predicted octanol–water partition coefficient (Wildman–Crippen LogP) is 3.29. The van der Waals surface area contributed by atoms with Crippen molar-refractivity contribution in [3.63, 3.8) is 0 Å². The number of benzene rings is 2. The van der Waals surface area contributed by atoms with Crippen LogP contribution in [-0.2, 0) is 0 Å². The summed E-state index contributed by atoms with van der Waals surface area (Å²) >= 11 is 3.46. The molecule has 3 rings (SSSR count). The molecule has 6 nitrogen and oxygen atoms in total. The van der Waals surface area contributed by atoms with Crippen molar-refractivity contribution < 1.29 is 4.79 Å². The molecule has 0 aliphatic rings. The molecule has 0 unspecified atom stereocenters. The number of carbonyl (C=O) groups is 1. The fraction of sp³-hybridized carbons (Fsp3) is 0.125. The first-order valence-corrected chi connectivity index (χ1v) is 7.75. The summed E-state index contributed by atoms with van der Waals surface area (Å²) < 4.78 is 2.42. The van der Waals surface area contributed by atoms with Gasteiger partial charge in [-0.15, -0.1) is 5.10 Å². The Kier molecular flexibility index (Phi) is 4.20. The van der Waals surface area contributed by atoms with E-state index in [0.717, 1.165) is 27.0 Å². The Balaban J connectivity index is 1.84. The molecule has 0 fully saturated rings. The van der Waals surface area contributed by atoms with Crippen LogP contribution in [0.1, 0.15) is 21.5 Å². The van der Waals surface area contributed by atoms with Gasteiger partial charge >= 0.3 is 0 Å². The zero-order chi connectivity index (χ0) is 16.4. The van der Waals surface area contributed by atoms with Gasteiger partial charge in [0.2, 0.25) is 0 Å². The minimum Gasteiger partial charge on any atom is -0.321 e. The fourth-order valence-electron chi connectivity index (χ4n) is 2.24. The molecule has 0 atom stereocenters. The van der Waals surface area contributed by atoms with E-state index in [-0.39, 0.29) is 5.91 Å². The summed E-state index contributed by atoms with van der Waals surface area (Å²) in [6.07, 6.45) is 1.52. The van der Waals surface area contributed by atoms with Gasteiger partial charge in [-0.3, -0.25) is 4.79 Å². The Bertz CT molecular complexity index is 861. The van der Waals surface area contributed by atoms with E-state index >= 15 is 0 Å². The van der Waals surface area contributed by atoms with Crippen LogP contribution in [0.3, 0.4) is 0 Å². The molecule has 116 valence electrons. The third-order valence-corrected chi connectivity index (χ3v) is 4.08. The van der Waals surface area contributed by atoms with E-state index in [2.05, 4.69) is 36.8 Å². The summed E-state index contributed by atoms with van der Waals surface area (Å²) in [5.41, 5.74) is 4.18. The lowest BCUT2D eigenvalue weighted by Crippen LogP contribution is -2.13. The van der Waals surface area contributed by atoms with E-state index in [1.807, 2.05) is 44.2 Å². The second-order valence-corrected chi connectivity index (χ2v) is 6.05. The van der Waals surface area contributed by atoms with Crippen molar-refractivity contribution in [1.82, 2.24) is 20.2 Å². The summed E-state index contributed by atoms with van der Waals surface area (Å²) in [6.45, 7) is 3.91. The van der Waals surface area contributed by atoms with Crippen molar-refractivity contribution in [1.29, 1.82) is 0 Å². The van der Waals surface area contributed by atoms with E-state index in [1.165, 1.54) is 6.33 Å². The number of hydrogen-bond donors (Lipinski definition) is 1. The lowest BCUT2D eigenvalue weighted by atomic mass is 10.1. The Morgan fingerprint density at radius 2 is 2.00 bits per heavy atom. The second kappa shape index (κ2) is 6.29. The van der Waals surface area contributed by atoms with Gasteiger partial charge in [0.05, 0.1) is 11.4 Å². The molecule has 3 aromatic rings. The Hall–Kier alpha value is -2.54. The monoisotopic (exact) mass is 371 g/mol. The first-order chi connectivity index (χ1) is 11.0. The summed E-state index contributed by atoms with van der Waals surface area (Å²) in [7, 11) is 0. The van der Waals surface area contributed by atoms with Gasteiger partial charge in [0, 0.05) is 10.0 Å². The average Bonchev–Trinajstić information content (AvgIpc) is 3.04. The zero-order valence-electron chi connectivity index (χ0n) is 12.6. The quantitative estimate of drug-likeness (QED) is 0.766. The van der Waals surface area contributed by atoms with Gasteiger partial charge in [0.15, 0.2) is 0 Å². The molecular formula is C16H14BrN5O. The first kappa shape index (κ1) is 15.4. The molecule has 7 heteroatoms. The summed E-state index contributed by atoms with van der Waals surface area (Å²) in [5.74, 6) is -0.166. The zero-order valence-corrected chi connectivity index (χ0v) is 14.2. The summed E-state index contributed by atoms with van der Waals surface area (Å²) in [6, 6.07) is 11.2. The number of halogens is 1. The molecule has 1 N–H and O–H groups in total. The van der Waals surface area contributed by atoms with Gasteiger partial charge in [-0.1, -0.05) is 6.07 Å². The number of amides is 1. The molecular weight excluding hydrogens is 358 g/mol. The third-order valence-electron chi connectivity index (χ3n) is 3.43. The summed E-state index contributed by atoms with van der Waals surface area (Å²) in [5, 5.41) is 14.0. The normalized spacial score (nSPS) is 10.6. The van der Waals surface area contributed by atoms with Crippen molar-refractivity contribution in [3.05, 3.63) is 63.9 Å². The van der Waals surface area contributed by atoms with E-state index in [9.17, 15) is 4.79 Å². The standard InChI is InChI=1S/C16H14BrN5O/c1-10-3-5-14(13(17)7-10)19-16(23)12-4-6-15(11(2)8-12)22-9-18-20-21-22/h3-9H,1-2H3,(H,19,23). The average molecular weight is 372 g/mol. The van der Waals surface area contributed by atoms with Gasteiger partial charge < -0.3 is 5.32 Å². The van der Waals surface area contributed by atoms with Crippen molar-refractivity contribution in [3.8, 4) is 5.69 Å². The molecule has 1 amide bonds. The van der Waals surface area contributed by atoms with E-state index in [4.69, 9.17) is 0 Å². The second-order valence-electron chi connectivity index (χ2n) is 5.19. The number of hydrogen-bond acceptors (Lipinski definition) is 4. The third kappa shape index (κ3) is 3.29. The number of carbonyl (C=O) groups excluding carboxylic acids is 1. The van der Waals surface area contributed by atoms with Crippen LogP contribution >= 0.6 is 15.9 Å². The van der Waals surface area contributed by atoms with Crippen LogP contribution in [0.5, 0.6) is 0 Å². The van der Waals surface area contributed by atoms with Crippen LogP contribution in [0.2, 0.25) is 0 Å². The highest BCUT2D eigenvalue weighted by molar-refractivity contribution is 9.10. The van der Waals surface area contributed by atoms with Gasteiger partial charge in [-0.2, -0.15) is 0 Å². The number of nitrogens with one attached hydrogen (secondary N) is 1. The predicted molar refractivity (Wildman–Crippen MR) is 90.7 cm³/mol. The maximum atomic E-state index is 12.4. The molecule has 0 saturated carbocycles. The number of aromatic nitrogens is 4. The Morgan fingerprint density at radius 3 is 2.65 bits per heavy atom. The minimum atomic E-state index is -0.166. The SMILES string of the molecule is Cc1ccc(NC(=O)c2ccc(-n3cnnn3)c(C)c2)c(Br)c1. The van der Waals surface area contributed by atoms with E-state index in [0.29, 0.717) is 5.56 Å². The van der Waals surface area contributed by atoms with Crippen LogP contribution < -0.4 is 5.32 Å². The summed E-state index contributed by atoms with van der Waals surface area (Å²) in [4.78, 5) is 12.4. The Morgan fingerprint density at radius 1 is 1.17 bits per heavy atom. The first-order valence-electron chi connectivity index (χ1n) is 6.96. The molecule has 23 heavy (non-hydrogen) atoms. The fourth-order valence-corrected chi connectivity index (χ4v) is 2.83. The maximum absolute atomic E-state index is 12.4. The molecule has 1 heterocycles. The highest BCUT2D eigenvalue weighted by Gasteiger charge is 2.11. The lowest BCUT2D eigenvalue weighted by Gasteiger charge is -2.10. The largest absolute Gasteiger partial charge is 0.321 e. The van der Waals surface area contributed by atoms with Gasteiger partial charge in [-0.25, -0.2) is 4.68 Å². The van der Waals surface area contributed by atoms with Gasteiger partial charge in [0.1, 0.15) is 6.33 Å². The van der Waals surface area contributed by atoms with Crippen molar-refractivity contribution in [2.75, 3.05) is 5.32 Å². The minimum absolute atomic E-state index is 0.166. The van der Waals surface area contributed by atoms with Crippen LogP contribution in [-0.4, -0.2) is 26.1 Å². The van der Waals surface area contributed by atoms with Crippen LogP contribution in [0.15, 0.2) is 47.2 Å². The van der Waals surface area contributed by atoms with Gasteiger partial charge in [0.25, 0.3) is 5.91 Å². The van der Waals surface area contributed by atoms with E-state index < -0.39 is 0 Å². The number of rotatable bonds is 3. The molecule has 0 saturated heterocycles. The molecule has 2 aromatic carbocycles. The Labute approximate surface area is 141 Å². The van der Waals surface area contributed by atoms with Gasteiger partial charge in [-0.05, 0) is 81.7 Å². The molecule has 0 radical (unpaired) electrons. The molecule has 0 aliphatic heterocycles.